The molecule has 0 radical (unpaired) electrons. The number of nitrogens with one attached hydrogen (secondary N) is 4. The van der Waals surface area contributed by atoms with Gasteiger partial charge in [-0.1, -0.05) is 19.3 Å². The Morgan fingerprint density at radius 1 is 0.973 bits per heavy atom. The van der Waals surface area contributed by atoms with Gasteiger partial charge in [0.25, 0.3) is 11.8 Å². The molecule has 0 aromatic heterocycles. The third-order valence-corrected chi connectivity index (χ3v) is 4.72. The van der Waals surface area contributed by atoms with E-state index < -0.39 is 24.0 Å². The van der Waals surface area contributed by atoms with Crippen molar-refractivity contribution >= 4 is 23.4 Å². The number of hydrogen-bond donors (Lipinski definition) is 6. The number of hydroxylamine groups is 1. The lowest BCUT2D eigenvalue weighted by Gasteiger charge is -2.19. The van der Waals surface area contributed by atoms with Crippen LogP contribution in [0.4, 0.5) is 5.69 Å². The molecule has 10 nitrogen and oxygen atoms in total. The van der Waals surface area contributed by atoms with Crippen LogP contribution >= 0.6 is 0 Å². The van der Waals surface area contributed by atoms with Crippen LogP contribution in [-0.2, 0) is 14.3 Å². The van der Waals surface area contributed by atoms with Crippen LogP contribution in [0.25, 0.3) is 0 Å². The number of ether oxygens (including phenoxy) is 1. The number of benzene rings is 2. The SMILES string of the molecule is C.COCCNCC(=O)Nc1ccc(C#CC#Cc2ccc(C(=O)N[C@H](C(=O)NO)[C@@H](C)O)cc2)cc1. The predicted octanol–water partition coefficient (Wildman–Crippen LogP) is 0.885. The highest BCUT2D eigenvalue weighted by atomic mass is 16.5. The second-order valence-electron chi connectivity index (χ2n) is 7.54. The van der Waals surface area contributed by atoms with Crippen molar-refractivity contribution in [3.8, 4) is 23.7 Å². The van der Waals surface area contributed by atoms with E-state index in [9.17, 15) is 19.5 Å². The Bertz CT molecular complexity index is 1160. The molecule has 0 fully saturated rings. The Balaban J connectivity index is 0.00000684. The molecular weight excluding hydrogens is 476 g/mol. The summed E-state index contributed by atoms with van der Waals surface area (Å²) in [5.41, 5.74) is 3.67. The van der Waals surface area contributed by atoms with Crippen LogP contribution in [0.15, 0.2) is 48.5 Å². The van der Waals surface area contributed by atoms with E-state index in [1.807, 2.05) is 0 Å². The standard InChI is InChI=1S/C26H28N4O6.CH4/c1-18(31)24(26(34)30-35)29-25(33)21-11-7-19(8-12-21)5-3-4-6-20-9-13-22(14-10-20)28-23(32)17-27-15-16-36-2;/h7-14,18,24,27,31,35H,15-17H2,1-2H3,(H,28,32)(H,29,33)(H,30,34);1H4/t18-,24+;/m1./s1. The van der Waals surface area contributed by atoms with E-state index >= 15 is 0 Å². The van der Waals surface area contributed by atoms with E-state index in [4.69, 9.17) is 9.94 Å². The van der Waals surface area contributed by atoms with Gasteiger partial charge >= 0.3 is 0 Å². The zero-order valence-electron chi connectivity index (χ0n) is 19.9. The highest BCUT2D eigenvalue weighted by Crippen LogP contribution is 2.08. The van der Waals surface area contributed by atoms with E-state index in [1.165, 1.54) is 24.5 Å². The molecule has 2 aromatic rings. The van der Waals surface area contributed by atoms with E-state index in [1.54, 1.807) is 43.5 Å². The summed E-state index contributed by atoms with van der Waals surface area (Å²) in [6, 6.07) is 12.0. The summed E-state index contributed by atoms with van der Waals surface area (Å²) >= 11 is 0. The zero-order chi connectivity index (χ0) is 26.3. The lowest BCUT2D eigenvalue weighted by atomic mass is 10.1. The largest absolute Gasteiger partial charge is 0.391 e. The molecule has 0 spiro atoms. The number of methoxy groups -OCH3 is 1. The molecule has 0 saturated heterocycles. The first-order valence-corrected chi connectivity index (χ1v) is 11.0. The van der Waals surface area contributed by atoms with Gasteiger partial charge in [0.15, 0.2) is 0 Å². The van der Waals surface area contributed by atoms with Gasteiger partial charge in [0, 0.05) is 36.0 Å². The molecular formula is C27H32N4O6. The highest BCUT2D eigenvalue weighted by molar-refractivity contribution is 5.97. The fourth-order valence-electron chi connectivity index (χ4n) is 2.83. The minimum absolute atomic E-state index is 0. The molecule has 2 rings (SSSR count). The lowest BCUT2D eigenvalue weighted by molar-refractivity contribution is -0.133. The Morgan fingerprint density at radius 2 is 1.54 bits per heavy atom. The van der Waals surface area contributed by atoms with Crippen molar-refractivity contribution in [3.63, 3.8) is 0 Å². The van der Waals surface area contributed by atoms with Crippen LogP contribution in [-0.4, -0.2) is 67.0 Å². The van der Waals surface area contributed by atoms with Gasteiger partial charge in [-0.05, 0) is 67.3 Å². The van der Waals surface area contributed by atoms with Crippen molar-refractivity contribution in [2.45, 2.75) is 26.5 Å². The van der Waals surface area contributed by atoms with Gasteiger partial charge in [-0.25, -0.2) is 5.48 Å². The molecule has 0 heterocycles. The molecule has 0 aliphatic carbocycles. The second-order valence-corrected chi connectivity index (χ2v) is 7.54. The summed E-state index contributed by atoms with van der Waals surface area (Å²) in [5, 5.41) is 26.4. The van der Waals surface area contributed by atoms with Gasteiger partial charge in [-0.3, -0.25) is 19.6 Å². The zero-order valence-corrected chi connectivity index (χ0v) is 19.9. The third-order valence-electron chi connectivity index (χ3n) is 4.72. The quantitative estimate of drug-likeness (QED) is 0.121. The van der Waals surface area contributed by atoms with Crippen LogP contribution < -0.4 is 21.4 Å². The fourth-order valence-corrected chi connectivity index (χ4v) is 2.83. The Morgan fingerprint density at radius 3 is 2.05 bits per heavy atom. The summed E-state index contributed by atoms with van der Waals surface area (Å²) in [7, 11) is 1.60. The van der Waals surface area contributed by atoms with Crippen molar-refractivity contribution in [2.75, 3.05) is 32.1 Å². The normalized spacial score (nSPS) is 11.2. The number of aliphatic hydroxyl groups excluding tert-OH is 1. The number of aliphatic hydroxyl groups is 1. The molecule has 3 amide bonds. The van der Waals surface area contributed by atoms with Crippen molar-refractivity contribution in [3.05, 3.63) is 65.2 Å². The molecule has 0 aliphatic heterocycles. The van der Waals surface area contributed by atoms with Crippen molar-refractivity contribution < 1.29 is 29.4 Å². The van der Waals surface area contributed by atoms with Crippen molar-refractivity contribution in [1.82, 2.24) is 16.1 Å². The minimum Gasteiger partial charge on any atom is -0.391 e. The highest BCUT2D eigenvalue weighted by Gasteiger charge is 2.25. The number of amides is 3. The van der Waals surface area contributed by atoms with Crippen molar-refractivity contribution in [1.29, 1.82) is 0 Å². The average Bonchev–Trinajstić information content (AvgIpc) is 2.88. The topological polar surface area (TPSA) is 149 Å². The minimum atomic E-state index is -1.30. The number of carbonyl (C=O) groups excluding carboxylic acids is 3. The Kier molecular flexibility index (Phi) is 13.7. The summed E-state index contributed by atoms with van der Waals surface area (Å²) in [4.78, 5) is 35.7. The molecule has 196 valence electrons. The molecule has 37 heavy (non-hydrogen) atoms. The smallest absolute Gasteiger partial charge is 0.268 e. The Hall–Kier alpha value is -4.19. The number of hydrogen-bond acceptors (Lipinski definition) is 7. The van der Waals surface area contributed by atoms with Crippen LogP contribution in [0.5, 0.6) is 0 Å². The first-order valence-electron chi connectivity index (χ1n) is 11.0. The molecule has 2 aromatic carbocycles. The molecule has 0 bridgehead atoms. The predicted molar refractivity (Wildman–Crippen MR) is 140 cm³/mol. The third kappa shape index (κ3) is 10.9. The van der Waals surface area contributed by atoms with E-state index in [0.29, 0.717) is 24.4 Å². The maximum Gasteiger partial charge on any atom is 0.268 e. The van der Waals surface area contributed by atoms with Gasteiger partial charge in [-0.15, -0.1) is 0 Å². The van der Waals surface area contributed by atoms with Gasteiger partial charge in [0.05, 0.1) is 19.3 Å². The van der Waals surface area contributed by atoms with Gasteiger partial charge in [-0.2, -0.15) is 0 Å². The van der Waals surface area contributed by atoms with Gasteiger partial charge < -0.3 is 25.8 Å². The van der Waals surface area contributed by atoms with Gasteiger partial charge in [0.1, 0.15) is 6.04 Å². The summed E-state index contributed by atoms with van der Waals surface area (Å²) in [5.74, 6) is 9.59. The van der Waals surface area contributed by atoms with Crippen LogP contribution in [0.2, 0.25) is 0 Å². The van der Waals surface area contributed by atoms with Crippen LogP contribution in [0.3, 0.4) is 0 Å². The first-order chi connectivity index (χ1) is 17.3. The second kappa shape index (κ2) is 16.5. The molecule has 6 N–H and O–H groups in total. The number of carbonyl (C=O) groups is 3. The maximum atomic E-state index is 12.3. The van der Waals surface area contributed by atoms with Gasteiger partial charge in [0.2, 0.25) is 5.91 Å². The average molecular weight is 509 g/mol. The van der Waals surface area contributed by atoms with Crippen LogP contribution in [0, 0.1) is 23.7 Å². The summed E-state index contributed by atoms with van der Waals surface area (Å²) in [6.45, 7) is 2.63. The summed E-state index contributed by atoms with van der Waals surface area (Å²) < 4.78 is 4.91. The monoisotopic (exact) mass is 508 g/mol. The maximum absolute atomic E-state index is 12.3. The Labute approximate surface area is 216 Å². The molecule has 0 saturated carbocycles. The van der Waals surface area contributed by atoms with E-state index in [2.05, 4.69) is 39.6 Å². The van der Waals surface area contributed by atoms with E-state index in [-0.39, 0.29) is 25.4 Å². The lowest BCUT2D eigenvalue weighted by Crippen LogP contribution is -2.51. The molecule has 0 unspecified atom stereocenters. The molecule has 10 heteroatoms. The number of anilines is 1. The fraction of sp³-hybridized carbons (Fsp3) is 0.296. The number of rotatable bonds is 10. The van der Waals surface area contributed by atoms with Crippen LogP contribution in [0.1, 0.15) is 35.8 Å². The molecule has 0 aliphatic rings. The van der Waals surface area contributed by atoms with E-state index in [0.717, 1.165) is 5.56 Å². The van der Waals surface area contributed by atoms with Crippen molar-refractivity contribution in [2.24, 2.45) is 0 Å². The summed E-state index contributed by atoms with van der Waals surface area (Å²) in [6.07, 6.45) is -1.20. The first kappa shape index (κ1) is 30.8. The molecule has 2 atom stereocenters.